The lowest BCUT2D eigenvalue weighted by Crippen LogP contribution is -2.40. The molecule has 0 amide bonds. The molecule has 4 aromatic rings. The third-order valence-electron chi connectivity index (χ3n) is 5.24. The molecule has 7 nitrogen and oxygen atoms in total. The molecule has 2 N–H and O–H groups in total. The number of fused-ring (bicyclic) bond motifs is 1. The van der Waals surface area contributed by atoms with E-state index in [1.807, 2.05) is 24.7 Å². The van der Waals surface area contributed by atoms with Gasteiger partial charge in [-0.15, -0.1) is 0 Å². The van der Waals surface area contributed by atoms with E-state index in [-0.39, 0.29) is 0 Å². The molecular weight excluding hydrogens is 350 g/mol. The Morgan fingerprint density at radius 3 is 2.57 bits per heavy atom. The minimum Gasteiger partial charge on any atom is -0.367 e. The van der Waals surface area contributed by atoms with Crippen molar-refractivity contribution in [2.45, 2.75) is 18.9 Å². The standard InChI is InChI=1S/C21H21N7/c1-6-22-21(23-7-1)28-8-4-19(5-9-28)27-20-11-17-10-15(18-13-25-26-14-18)2-3-16(17)12-24-20/h1-3,6-7,10-14,19H,4-5,8-9H2,(H,24,27)(H,25,26). The SMILES string of the molecule is c1cnc(N2CCC(Nc3cc4cc(-c5cn[nH]c5)ccc4cn3)CC2)nc1. The minimum atomic E-state index is 0.405. The minimum absolute atomic E-state index is 0.405. The second-order valence-corrected chi connectivity index (χ2v) is 7.07. The number of rotatable bonds is 4. The zero-order valence-corrected chi connectivity index (χ0v) is 15.4. The van der Waals surface area contributed by atoms with Crippen molar-refractivity contribution in [3.8, 4) is 11.1 Å². The van der Waals surface area contributed by atoms with Gasteiger partial charge in [0.25, 0.3) is 0 Å². The molecule has 1 aromatic carbocycles. The van der Waals surface area contributed by atoms with Crippen LogP contribution in [0, 0.1) is 0 Å². The highest BCUT2D eigenvalue weighted by Crippen LogP contribution is 2.26. The van der Waals surface area contributed by atoms with E-state index in [1.165, 1.54) is 5.39 Å². The Morgan fingerprint density at radius 1 is 0.929 bits per heavy atom. The van der Waals surface area contributed by atoms with Gasteiger partial charge in [0.15, 0.2) is 0 Å². The Bertz CT molecular complexity index is 1050. The molecule has 1 saturated heterocycles. The van der Waals surface area contributed by atoms with Gasteiger partial charge in [-0.05, 0) is 42.0 Å². The highest BCUT2D eigenvalue weighted by molar-refractivity contribution is 5.88. The maximum Gasteiger partial charge on any atom is 0.225 e. The van der Waals surface area contributed by atoms with Crippen LogP contribution in [-0.2, 0) is 0 Å². The van der Waals surface area contributed by atoms with Crippen molar-refractivity contribution < 1.29 is 0 Å². The summed E-state index contributed by atoms with van der Waals surface area (Å²) < 4.78 is 0. The lowest BCUT2D eigenvalue weighted by molar-refractivity contribution is 0.519. The lowest BCUT2D eigenvalue weighted by Gasteiger charge is -2.32. The Labute approximate surface area is 162 Å². The summed E-state index contributed by atoms with van der Waals surface area (Å²) in [6.07, 6.45) is 11.3. The molecule has 1 aliphatic rings. The second kappa shape index (κ2) is 7.26. The van der Waals surface area contributed by atoms with E-state index in [0.717, 1.165) is 54.2 Å². The molecule has 0 bridgehead atoms. The number of anilines is 2. The van der Waals surface area contributed by atoms with Crippen molar-refractivity contribution >= 4 is 22.5 Å². The second-order valence-electron chi connectivity index (χ2n) is 7.07. The number of nitrogens with one attached hydrogen (secondary N) is 2. The Hall–Kier alpha value is -3.48. The summed E-state index contributed by atoms with van der Waals surface area (Å²) in [7, 11) is 0. The van der Waals surface area contributed by atoms with E-state index >= 15 is 0 Å². The molecular formula is C21H21N7. The molecule has 0 spiro atoms. The van der Waals surface area contributed by atoms with Crippen molar-refractivity contribution in [1.82, 2.24) is 25.1 Å². The Morgan fingerprint density at radius 2 is 1.79 bits per heavy atom. The first-order chi connectivity index (χ1) is 13.8. The molecule has 28 heavy (non-hydrogen) atoms. The van der Waals surface area contributed by atoms with Gasteiger partial charge in [0, 0.05) is 54.9 Å². The summed E-state index contributed by atoms with van der Waals surface area (Å²) >= 11 is 0. The fourth-order valence-corrected chi connectivity index (χ4v) is 3.70. The van der Waals surface area contributed by atoms with Gasteiger partial charge in [0.05, 0.1) is 6.20 Å². The maximum atomic E-state index is 4.60. The summed E-state index contributed by atoms with van der Waals surface area (Å²) in [6.45, 7) is 1.89. The number of pyridine rings is 1. The van der Waals surface area contributed by atoms with Gasteiger partial charge in [0.1, 0.15) is 5.82 Å². The van der Waals surface area contributed by atoms with Crippen molar-refractivity contribution in [1.29, 1.82) is 0 Å². The van der Waals surface area contributed by atoms with Crippen LogP contribution in [-0.4, -0.2) is 44.3 Å². The van der Waals surface area contributed by atoms with Crippen molar-refractivity contribution in [2.75, 3.05) is 23.3 Å². The zero-order valence-electron chi connectivity index (χ0n) is 15.4. The normalized spacial score (nSPS) is 15.1. The first-order valence-corrected chi connectivity index (χ1v) is 9.53. The first kappa shape index (κ1) is 16.7. The van der Waals surface area contributed by atoms with Gasteiger partial charge >= 0.3 is 0 Å². The Kier molecular flexibility index (Phi) is 4.33. The van der Waals surface area contributed by atoms with Gasteiger partial charge in [0.2, 0.25) is 5.95 Å². The predicted molar refractivity (Wildman–Crippen MR) is 110 cm³/mol. The number of hydrogen-bond donors (Lipinski definition) is 2. The summed E-state index contributed by atoms with van der Waals surface area (Å²) in [5.74, 6) is 1.74. The molecule has 7 heteroatoms. The summed E-state index contributed by atoms with van der Waals surface area (Å²) in [4.78, 5) is 15.5. The van der Waals surface area contributed by atoms with Crippen LogP contribution in [0.1, 0.15) is 12.8 Å². The van der Waals surface area contributed by atoms with E-state index in [9.17, 15) is 0 Å². The average molecular weight is 371 g/mol. The molecule has 0 radical (unpaired) electrons. The van der Waals surface area contributed by atoms with Gasteiger partial charge in [-0.3, -0.25) is 5.10 Å². The number of hydrogen-bond acceptors (Lipinski definition) is 6. The number of piperidine rings is 1. The third-order valence-corrected chi connectivity index (χ3v) is 5.24. The zero-order chi connectivity index (χ0) is 18.8. The maximum absolute atomic E-state index is 4.60. The van der Waals surface area contributed by atoms with Crippen LogP contribution < -0.4 is 10.2 Å². The number of H-pyrrole nitrogens is 1. The quantitative estimate of drug-likeness (QED) is 0.571. The van der Waals surface area contributed by atoms with E-state index in [4.69, 9.17) is 0 Å². The van der Waals surface area contributed by atoms with E-state index in [0.29, 0.717) is 6.04 Å². The van der Waals surface area contributed by atoms with Gasteiger partial charge in [-0.25, -0.2) is 15.0 Å². The molecule has 4 heterocycles. The molecule has 3 aromatic heterocycles. The number of aromatic nitrogens is 5. The van der Waals surface area contributed by atoms with Crippen molar-refractivity contribution in [3.05, 3.63) is 61.3 Å². The summed E-state index contributed by atoms with van der Waals surface area (Å²) in [6, 6.07) is 10.8. The molecule has 1 aliphatic heterocycles. The number of benzene rings is 1. The van der Waals surface area contributed by atoms with Crippen LogP contribution in [0.4, 0.5) is 11.8 Å². The molecule has 5 rings (SSSR count). The van der Waals surface area contributed by atoms with Gasteiger partial charge in [-0.1, -0.05) is 12.1 Å². The summed E-state index contributed by atoms with van der Waals surface area (Å²) in [5.41, 5.74) is 2.23. The fraction of sp³-hybridized carbons (Fsp3) is 0.238. The van der Waals surface area contributed by atoms with E-state index in [2.05, 4.69) is 59.6 Å². The fourth-order valence-electron chi connectivity index (χ4n) is 3.70. The van der Waals surface area contributed by atoms with Crippen LogP contribution in [0.15, 0.2) is 61.3 Å². The largest absolute Gasteiger partial charge is 0.367 e. The molecule has 140 valence electrons. The van der Waals surface area contributed by atoms with E-state index < -0.39 is 0 Å². The highest BCUT2D eigenvalue weighted by atomic mass is 15.3. The number of aromatic amines is 1. The summed E-state index contributed by atoms with van der Waals surface area (Å²) in [5, 5.41) is 12.8. The molecule has 0 atom stereocenters. The van der Waals surface area contributed by atoms with Crippen molar-refractivity contribution in [2.24, 2.45) is 0 Å². The van der Waals surface area contributed by atoms with Crippen LogP contribution in [0.2, 0.25) is 0 Å². The average Bonchev–Trinajstić information content (AvgIpc) is 3.29. The third kappa shape index (κ3) is 3.38. The smallest absolute Gasteiger partial charge is 0.225 e. The van der Waals surface area contributed by atoms with Crippen LogP contribution >= 0.6 is 0 Å². The van der Waals surface area contributed by atoms with Crippen LogP contribution in [0.25, 0.3) is 21.9 Å². The lowest BCUT2D eigenvalue weighted by atomic mass is 10.0. The highest BCUT2D eigenvalue weighted by Gasteiger charge is 2.21. The van der Waals surface area contributed by atoms with Gasteiger partial charge < -0.3 is 10.2 Å². The van der Waals surface area contributed by atoms with Crippen LogP contribution in [0.3, 0.4) is 0 Å². The molecule has 0 saturated carbocycles. The molecule has 1 fully saturated rings. The molecule has 0 aliphatic carbocycles. The first-order valence-electron chi connectivity index (χ1n) is 9.53. The number of nitrogens with zero attached hydrogens (tertiary/aromatic N) is 5. The monoisotopic (exact) mass is 371 g/mol. The van der Waals surface area contributed by atoms with Crippen LogP contribution in [0.5, 0.6) is 0 Å². The predicted octanol–water partition coefficient (Wildman–Crippen LogP) is 3.50. The van der Waals surface area contributed by atoms with Gasteiger partial charge in [-0.2, -0.15) is 5.10 Å². The van der Waals surface area contributed by atoms with Crippen molar-refractivity contribution in [3.63, 3.8) is 0 Å². The molecule has 0 unspecified atom stereocenters. The van der Waals surface area contributed by atoms with E-state index in [1.54, 1.807) is 12.4 Å². The topological polar surface area (TPSA) is 82.6 Å². The Balaban J connectivity index is 1.29.